The predicted octanol–water partition coefficient (Wildman–Crippen LogP) is 5.10. The van der Waals surface area contributed by atoms with Gasteiger partial charge in [0.15, 0.2) is 0 Å². The van der Waals surface area contributed by atoms with Crippen molar-refractivity contribution >= 4 is 0 Å². The van der Waals surface area contributed by atoms with Gasteiger partial charge in [0, 0.05) is 11.6 Å². The molecule has 2 saturated heterocycles. The third-order valence-electron chi connectivity index (χ3n) is 9.97. The molecule has 2 heterocycles. The molecule has 6 unspecified atom stereocenters. The number of hydrogen-bond donors (Lipinski definition) is 0. The van der Waals surface area contributed by atoms with Crippen molar-refractivity contribution in [2.24, 2.45) is 23.2 Å². The topological polar surface area (TPSA) is 6.48 Å². The van der Waals surface area contributed by atoms with Crippen LogP contribution >= 0.6 is 0 Å². The van der Waals surface area contributed by atoms with Crippen LogP contribution in [0.3, 0.4) is 0 Å². The van der Waals surface area contributed by atoms with Gasteiger partial charge in [0.1, 0.15) is 0 Å². The Hall–Kier alpha value is -0.340. The Bertz CT molecular complexity index is 577. The molecule has 5 rings (SSSR count). The van der Waals surface area contributed by atoms with Crippen molar-refractivity contribution < 1.29 is 0 Å². The van der Waals surface area contributed by atoms with E-state index in [4.69, 9.17) is 0 Å². The highest BCUT2D eigenvalue weighted by atomic mass is 15.2. The Kier molecular flexibility index (Phi) is 4.33. The van der Waals surface area contributed by atoms with Crippen LogP contribution < -0.4 is 0 Å². The molecule has 2 nitrogen and oxygen atoms in total. The second kappa shape index (κ2) is 6.34. The van der Waals surface area contributed by atoms with E-state index in [0.29, 0.717) is 11.0 Å². The average molecular weight is 357 g/mol. The zero-order valence-electron chi connectivity index (χ0n) is 17.5. The van der Waals surface area contributed by atoms with Crippen LogP contribution in [0.2, 0.25) is 0 Å². The smallest absolute Gasteiger partial charge is 0.0209 e. The molecule has 0 spiro atoms. The lowest BCUT2D eigenvalue weighted by atomic mass is 9.47. The van der Waals surface area contributed by atoms with Gasteiger partial charge in [-0.05, 0) is 121 Å². The van der Waals surface area contributed by atoms with Gasteiger partial charge in [-0.25, -0.2) is 0 Å². The van der Waals surface area contributed by atoms with Crippen LogP contribution in [-0.4, -0.2) is 48.1 Å². The zero-order valence-corrected chi connectivity index (χ0v) is 17.5. The molecule has 26 heavy (non-hydrogen) atoms. The van der Waals surface area contributed by atoms with Gasteiger partial charge in [0.2, 0.25) is 0 Å². The van der Waals surface area contributed by atoms with Crippen LogP contribution in [0.25, 0.3) is 0 Å². The normalized spacial score (nSPS) is 49.9. The Morgan fingerprint density at radius 3 is 2.54 bits per heavy atom. The summed E-state index contributed by atoms with van der Waals surface area (Å²) in [6, 6.07) is 0.864. The molecule has 0 aromatic heterocycles. The van der Waals surface area contributed by atoms with E-state index in [1.165, 1.54) is 83.8 Å². The van der Waals surface area contributed by atoms with Crippen molar-refractivity contribution in [2.45, 2.75) is 89.6 Å². The first-order valence-corrected chi connectivity index (χ1v) is 11.7. The van der Waals surface area contributed by atoms with Crippen LogP contribution in [0.1, 0.15) is 78.1 Å². The summed E-state index contributed by atoms with van der Waals surface area (Å²) in [5.74, 6) is 2.85. The maximum Gasteiger partial charge on any atom is 0.0209 e. The third kappa shape index (κ3) is 2.50. The Morgan fingerprint density at radius 1 is 0.923 bits per heavy atom. The predicted molar refractivity (Wildman–Crippen MR) is 109 cm³/mol. The fraction of sp³-hybridized carbons (Fsp3) is 0.917. The highest BCUT2D eigenvalue weighted by Gasteiger charge is 2.56. The SMILES string of the molecule is CN1CCCC2C3CC=C4CC(N5CCCC5)CCC4(C)C3CCC21C. The molecule has 146 valence electrons. The monoisotopic (exact) mass is 356 g/mol. The molecule has 0 radical (unpaired) electrons. The van der Waals surface area contributed by atoms with Crippen molar-refractivity contribution in [1.82, 2.24) is 9.80 Å². The lowest BCUT2D eigenvalue weighted by Crippen LogP contribution is -2.61. The van der Waals surface area contributed by atoms with Crippen LogP contribution in [0.4, 0.5) is 0 Å². The molecule has 2 aliphatic heterocycles. The first kappa shape index (κ1) is 17.7. The summed E-state index contributed by atoms with van der Waals surface area (Å²) in [4.78, 5) is 5.55. The van der Waals surface area contributed by atoms with E-state index in [1.54, 1.807) is 0 Å². The zero-order chi connectivity index (χ0) is 17.9. The molecule has 0 N–H and O–H groups in total. The quantitative estimate of drug-likeness (QED) is 0.603. The van der Waals surface area contributed by atoms with Gasteiger partial charge in [-0.2, -0.15) is 0 Å². The minimum Gasteiger partial charge on any atom is -0.301 e. The third-order valence-corrected chi connectivity index (χ3v) is 9.97. The van der Waals surface area contributed by atoms with Gasteiger partial charge in [0.25, 0.3) is 0 Å². The van der Waals surface area contributed by atoms with Crippen LogP contribution in [-0.2, 0) is 0 Å². The first-order chi connectivity index (χ1) is 12.5. The number of rotatable bonds is 1. The van der Waals surface area contributed by atoms with E-state index >= 15 is 0 Å². The Morgan fingerprint density at radius 2 is 1.73 bits per heavy atom. The average Bonchev–Trinajstić information content (AvgIpc) is 3.16. The molecule has 2 saturated carbocycles. The summed E-state index contributed by atoms with van der Waals surface area (Å²) < 4.78 is 0. The molecule has 0 bridgehead atoms. The second-order valence-corrected chi connectivity index (χ2v) is 10.9. The number of hydrogen-bond acceptors (Lipinski definition) is 2. The molecule has 6 atom stereocenters. The van der Waals surface area contributed by atoms with Gasteiger partial charge in [0.05, 0.1) is 0 Å². The Balaban J connectivity index is 1.40. The molecule has 4 fully saturated rings. The van der Waals surface area contributed by atoms with Crippen molar-refractivity contribution in [3.63, 3.8) is 0 Å². The molecule has 0 aromatic rings. The van der Waals surface area contributed by atoms with E-state index in [1.807, 2.05) is 5.57 Å². The van der Waals surface area contributed by atoms with Crippen LogP contribution in [0.5, 0.6) is 0 Å². The molecular weight excluding hydrogens is 316 g/mol. The second-order valence-electron chi connectivity index (χ2n) is 10.9. The minimum absolute atomic E-state index is 0.480. The van der Waals surface area contributed by atoms with E-state index in [9.17, 15) is 0 Å². The first-order valence-electron chi connectivity index (χ1n) is 11.7. The minimum atomic E-state index is 0.480. The number of likely N-dealkylation sites (tertiary alicyclic amines) is 2. The lowest BCUT2D eigenvalue weighted by Gasteiger charge is -2.62. The number of allylic oxidation sites excluding steroid dienone is 1. The molecule has 5 aliphatic rings. The summed E-state index contributed by atoms with van der Waals surface area (Å²) >= 11 is 0. The van der Waals surface area contributed by atoms with Crippen molar-refractivity contribution in [1.29, 1.82) is 0 Å². The van der Waals surface area contributed by atoms with Crippen LogP contribution in [0, 0.1) is 23.2 Å². The summed E-state index contributed by atoms with van der Waals surface area (Å²) in [7, 11) is 2.40. The lowest BCUT2D eigenvalue weighted by molar-refractivity contribution is -0.0893. The number of fused-ring (bicyclic) bond motifs is 5. The summed E-state index contributed by atoms with van der Waals surface area (Å²) in [6.45, 7) is 9.32. The number of nitrogens with zero attached hydrogens (tertiary/aromatic N) is 2. The standard InChI is InChI=1S/C24H40N2/c1-23-12-10-19(26-15-4-5-16-26)17-18(23)8-9-20-21(23)11-13-24(2)22(20)7-6-14-25(24)3/h8,19-22H,4-7,9-17H2,1-3H3. The molecule has 0 aromatic carbocycles. The van der Waals surface area contributed by atoms with E-state index in [0.717, 1.165) is 23.8 Å². The fourth-order valence-electron chi connectivity index (χ4n) is 8.16. The van der Waals surface area contributed by atoms with E-state index in [-0.39, 0.29) is 0 Å². The van der Waals surface area contributed by atoms with Gasteiger partial charge in [-0.1, -0.05) is 18.6 Å². The molecule has 0 amide bonds. The summed E-state index contributed by atoms with van der Waals surface area (Å²) in [5.41, 5.74) is 2.87. The highest BCUT2D eigenvalue weighted by molar-refractivity contribution is 5.26. The Labute approximate surface area is 161 Å². The molecular formula is C24H40N2. The highest BCUT2D eigenvalue weighted by Crippen LogP contribution is 2.61. The largest absolute Gasteiger partial charge is 0.301 e. The van der Waals surface area contributed by atoms with Crippen molar-refractivity contribution in [2.75, 3.05) is 26.7 Å². The molecule has 3 aliphatic carbocycles. The fourth-order valence-corrected chi connectivity index (χ4v) is 8.16. The molecule has 2 heteroatoms. The van der Waals surface area contributed by atoms with E-state index < -0.39 is 0 Å². The van der Waals surface area contributed by atoms with Crippen molar-refractivity contribution in [3.8, 4) is 0 Å². The maximum absolute atomic E-state index is 2.82. The van der Waals surface area contributed by atoms with E-state index in [2.05, 4.69) is 36.8 Å². The van der Waals surface area contributed by atoms with Crippen molar-refractivity contribution in [3.05, 3.63) is 11.6 Å². The van der Waals surface area contributed by atoms with Gasteiger partial charge in [-0.15, -0.1) is 0 Å². The number of piperidine rings is 1. The van der Waals surface area contributed by atoms with Gasteiger partial charge in [-0.3, -0.25) is 0 Å². The van der Waals surface area contributed by atoms with Gasteiger partial charge >= 0.3 is 0 Å². The van der Waals surface area contributed by atoms with Gasteiger partial charge < -0.3 is 9.80 Å². The summed E-state index contributed by atoms with van der Waals surface area (Å²) in [6.07, 6.45) is 17.1. The summed E-state index contributed by atoms with van der Waals surface area (Å²) in [5, 5.41) is 0. The van der Waals surface area contributed by atoms with Crippen LogP contribution in [0.15, 0.2) is 11.6 Å². The maximum atomic E-state index is 2.82.